The Morgan fingerprint density at radius 1 is 1.56 bits per heavy atom. The van der Waals surface area contributed by atoms with E-state index in [1.807, 2.05) is 0 Å². The number of halogens is 2. The minimum atomic E-state index is -0.191. The molecule has 0 aliphatic heterocycles. The third kappa shape index (κ3) is 1.56. The predicted molar refractivity (Wildman–Crippen MR) is 39.8 cm³/mol. The minimum Gasteiger partial charge on any atom is -0.312 e. The van der Waals surface area contributed by atoms with Gasteiger partial charge in [0.1, 0.15) is 5.15 Å². The zero-order valence-electron chi connectivity index (χ0n) is 4.32. The molecule has 2 nitrogen and oxygen atoms in total. The number of hydrogen-bond donors (Lipinski definition) is 1. The number of aromatic amines is 1. The largest absolute Gasteiger partial charge is 0.312 e. The number of rotatable bonds is 0. The first-order chi connectivity index (χ1) is 4.20. The minimum absolute atomic E-state index is 0.191. The lowest BCUT2D eigenvalue weighted by Gasteiger charge is -1.89. The molecular weight excluding hydrogens is 205 g/mol. The Labute approximate surface area is 65.0 Å². The van der Waals surface area contributed by atoms with Gasteiger partial charge in [-0.3, -0.25) is 4.79 Å². The first kappa shape index (κ1) is 6.83. The van der Waals surface area contributed by atoms with Gasteiger partial charge in [0, 0.05) is 6.07 Å². The molecule has 0 fully saturated rings. The van der Waals surface area contributed by atoms with Crippen molar-refractivity contribution in [2.75, 3.05) is 0 Å². The van der Waals surface area contributed by atoms with Gasteiger partial charge >= 0.3 is 0 Å². The summed E-state index contributed by atoms with van der Waals surface area (Å²) in [4.78, 5) is 12.9. The second-order valence-electron chi connectivity index (χ2n) is 1.48. The zero-order chi connectivity index (χ0) is 6.85. The van der Waals surface area contributed by atoms with Gasteiger partial charge in [0.15, 0.2) is 0 Å². The maximum atomic E-state index is 10.5. The maximum absolute atomic E-state index is 10.5. The van der Waals surface area contributed by atoms with Crippen molar-refractivity contribution in [1.82, 2.24) is 4.98 Å². The van der Waals surface area contributed by atoms with E-state index in [0.29, 0.717) is 9.63 Å². The van der Waals surface area contributed by atoms with E-state index in [2.05, 4.69) is 20.9 Å². The standard InChI is InChI=1S/C5H3BrClNO/c6-3-1-2-4(9)8-5(3)7/h1-2H,(H,8,9). The van der Waals surface area contributed by atoms with E-state index in [4.69, 9.17) is 11.6 Å². The van der Waals surface area contributed by atoms with E-state index in [1.54, 1.807) is 6.07 Å². The molecule has 0 bridgehead atoms. The van der Waals surface area contributed by atoms with Crippen LogP contribution in [0.2, 0.25) is 5.15 Å². The molecular formula is C5H3BrClNO. The van der Waals surface area contributed by atoms with Crippen LogP contribution in [0.5, 0.6) is 0 Å². The summed E-state index contributed by atoms with van der Waals surface area (Å²) in [5.74, 6) is 0. The van der Waals surface area contributed by atoms with Crippen molar-refractivity contribution in [3.05, 3.63) is 32.1 Å². The second-order valence-corrected chi connectivity index (χ2v) is 2.72. The summed E-state index contributed by atoms with van der Waals surface area (Å²) in [6, 6.07) is 3.00. The molecule has 0 aromatic carbocycles. The first-order valence-electron chi connectivity index (χ1n) is 2.24. The molecule has 0 spiro atoms. The highest BCUT2D eigenvalue weighted by atomic mass is 79.9. The Morgan fingerprint density at radius 2 is 2.22 bits per heavy atom. The van der Waals surface area contributed by atoms with Gasteiger partial charge < -0.3 is 4.98 Å². The smallest absolute Gasteiger partial charge is 0.249 e. The van der Waals surface area contributed by atoms with E-state index in [9.17, 15) is 4.79 Å². The van der Waals surface area contributed by atoms with Crippen LogP contribution in [0.15, 0.2) is 21.4 Å². The molecule has 0 aliphatic rings. The molecule has 0 aliphatic carbocycles. The normalized spacial score (nSPS) is 9.56. The van der Waals surface area contributed by atoms with Crippen LogP contribution in [0.25, 0.3) is 0 Å². The van der Waals surface area contributed by atoms with Crippen LogP contribution >= 0.6 is 27.5 Å². The molecule has 1 heterocycles. The molecule has 1 N–H and O–H groups in total. The molecule has 0 radical (unpaired) electrons. The Kier molecular flexibility index (Phi) is 1.93. The summed E-state index contributed by atoms with van der Waals surface area (Å²) >= 11 is 8.64. The van der Waals surface area contributed by atoms with Crippen molar-refractivity contribution in [2.24, 2.45) is 0 Å². The fourth-order valence-electron chi connectivity index (χ4n) is 0.432. The molecule has 0 atom stereocenters. The van der Waals surface area contributed by atoms with E-state index >= 15 is 0 Å². The molecule has 0 amide bonds. The van der Waals surface area contributed by atoms with Gasteiger partial charge in [0.05, 0.1) is 4.47 Å². The van der Waals surface area contributed by atoms with Gasteiger partial charge in [0.2, 0.25) is 5.56 Å². The monoisotopic (exact) mass is 207 g/mol. The van der Waals surface area contributed by atoms with Crippen LogP contribution in [0, 0.1) is 0 Å². The molecule has 1 aromatic rings. The fourth-order valence-corrected chi connectivity index (χ4v) is 0.819. The average molecular weight is 208 g/mol. The molecule has 1 aromatic heterocycles. The number of pyridine rings is 1. The van der Waals surface area contributed by atoms with Gasteiger partial charge in [0.25, 0.3) is 0 Å². The van der Waals surface area contributed by atoms with Gasteiger partial charge in [-0.15, -0.1) is 0 Å². The van der Waals surface area contributed by atoms with Crippen LogP contribution in [0.1, 0.15) is 0 Å². The quantitative estimate of drug-likeness (QED) is 0.648. The molecule has 1 rings (SSSR count). The summed E-state index contributed by atoms with van der Waals surface area (Å²) in [6.07, 6.45) is 0. The van der Waals surface area contributed by atoms with Crippen molar-refractivity contribution in [1.29, 1.82) is 0 Å². The van der Waals surface area contributed by atoms with Crippen LogP contribution in [-0.4, -0.2) is 4.98 Å². The number of hydrogen-bond acceptors (Lipinski definition) is 1. The van der Waals surface area contributed by atoms with Gasteiger partial charge in [-0.05, 0) is 22.0 Å². The summed E-state index contributed by atoms with van der Waals surface area (Å²) < 4.78 is 0.698. The molecule has 0 saturated heterocycles. The van der Waals surface area contributed by atoms with Gasteiger partial charge in [-0.1, -0.05) is 11.6 Å². The topological polar surface area (TPSA) is 32.9 Å². The van der Waals surface area contributed by atoms with Crippen molar-refractivity contribution in [3.8, 4) is 0 Å². The van der Waals surface area contributed by atoms with Crippen LogP contribution in [-0.2, 0) is 0 Å². The second kappa shape index (κ2) is 2.54. The zero-order valence-corrected chi connectivity index (χ0v) is 6.66. The van der Waals surface area contributed by atoms with E-state index in [-0.39, 0.29) is 5.56 Å². The molecule has 0 saturated carbocycles. The van der Waals surface area contributed by atoms with Gasteiger partial charge in [-0.25, -0.2) is 0 Å². The molecule has 4 heteroatoms. The van der Waals surface area contributed by atoms with Crippen molar-refractivity contribution in [3.63, 3.8) is 0 Å². The molecule has 0 unspecified atom stereocenters. The Morgan fingerprint density at radius 3 is 2.67 bits per heavy atom. The van der Waals surface area contributed by atoms with Crippen molar-refractivity contribution >= 4 is 27.5 Å². The average Bonchev–Trinajstić information content (AvgIpc) is 1.80. The number of nitrogens with one attached hydrogen (secondary N) is 1. The summed E-state index contributed by atoms with van der Waals surface area (Å²) in [5, 5.41) is 0.336. The summed E-state index contributed by atoms with van der Waals surface area (Å²) in [5.41, 5.74) is -0.191. The lowest BCUT2D eigenvalue weighted by atomic mass is 10.5. The van der Waals surface area contributed by atoms with Crippen LogP contribution in [0.3, 0.4) is 0 Å². The highest BCUT2D eigenvalue weighted by Gasteiger charge is 1.93. The fraction of sp³-hybridized carbons (Fsp3) is 0. The third-order valence-electron chi connectivity index (χ3n) is 0.824. The Balaban J connectivity index is 3.34. The molecule has 9 heavy (non-hydrogen) atoms. The van der Waals surface area contributed by atoms with Gasteiger partial charge in [-0.2, -0.15) is 0 Å². The Bertz CT molecular complexity index is 270. The molecule has 48 valence electrons. The third-order valence-corrected chi connectivity index (χ3v) is 2.01. The summed E-state index contributed by atoms with van der Waals surface area (Å²) in [6.45, 7) is 0. The number of aromatic nitrogens is 1. The highest BCUT2D eigenvalue weighted by Crippen LogP contribution is 2.15. The lowest BCUT2D eigenvalue weighted by molar-refractivity contribution is 1.22. The van der Waals surface area contributed by atoms with E-state index < -0.39 is 0 Å². The lowest BCUT2D eigenvalue weighted by Crippen LogP contribution is -2.01. The van der Waals surface area contributed by atoms with E-state index in [0.717, 1.165) is 0 Å². The van der Waals surface area contributed by atoms with Crippen molar-refractivity contribution < 1.29 is 0 Å². The first-order valence-corrected chi connectivity index (χ1v) is 3.41. The highest BCUT2D eigenvalue weighted by molar-refractivity contribution is 9.10. The van der Waals surface area contributed by atoms with Crippen molar-refractivity contribution in [2.45, 2.75) is 0 Å². The predicted octanol–water partition coefficient (Wildman–Crippen LogP) is 1.79. The maximum Gasteiger partial charge on any atom is 0.249 e. The SMILES string of the molecule is O=c1ccc(Br)c(Cl)[nH]1. The summed E-state index contributed by atoms with van der Waals surface area (Å²) in [7, 11) is 0. The van der Waals surface area contributed by atoms with Crippen LogP contribution < -0.4 is 5.56 Å². The van der Waals surface area contributed by atoms with E-state index in [1.165, 1.54) is 6.07 Å². The van der Waals surface area contributed by atoms with Crippen LogP contribution in [0.4, 0.5) is 0 Å². The Hall–Kier alpha value is -0.280. The number of H-pyrrole nitrogens is 1.